The van der Waals surface area contributed by atoms with Crippen LogP contribution in [0.2, 0.25) is 0 Å². The zero-order valence-corrected chi connectivity index (χ0v) is 12.5. The first-order valence-electron chi connectivity index (χ1n) is 6.48. The van der Waals surface area contributed by atoms with E-state index in [9.17, 15) is 9.59 Å². The number of nitrogens with zero attached hydrogens (tertiary/aromatic N) is 1. The van der Waals surface area contributed by atoms with Gasteiger partial charge in [-0.2, -0.15) is 0 Å². The first-order valence-corrected chi connectivity index (χ1v) is 7.47. The number of rotatable bonds is 5. The van der Waals surface area contributed by atoms with Crippen LogP contribution in [0, 0.1) is 0 Å². The first kappa shape index (κ1) is 15.7. The van der Waals surface area contributed by atoms with E-state index in [4.69, 9.17) is 14.6 Å². The topological polar surface area (TPSA) is 76.1 Å². The fraction of sp³-hybridized carbons (Fsp3) is 0.429. The molecule has 2 rings (SSSR count). The monoisotopic (exact) mass is 311 g/mol. The molecule has 1 aliphatic heterocycles. The molecule has 1 atom stereocenters. The predicted molar refractivity (Wildman–Crippen MR) is 77.7 cm³/mol. The zero-order valence-electron chi connectivity index (χ0n) is 11.7. The van der Waals surface area contributed by atoms with E-state index in [1.54, 1.807) is 7.11 Å². The van der Waals surface area contributed by atoms with Crippen LogP contribution >= 0.6 is 11.8 Å². The third-order valence-electron chi connectivity index (χ3n) is 3.14. The molecule has 114 valence electrons. The molecule has 0 saturated carbocycles. The molecule has 1 aromatic rings. The van der Waals surface area contributed by atoms with Crippen molar-refractivity contribution >= 4 is 23.6 Å². The molecular formula is C14H17NO5S. The normalized spacial score (nSPS) is 18.3. The van der Waals surface area contributed by atoms with E-state index in [0.717, 1.165) is 10.6 Å². The molecule has 0 aromatic heterocycles. The van der Waals surface area contributed by atoms with Gasteiger partial charge in [-0.05, 0) is 18.2 Å². The first-order chi connectivity index (χ1) is 10.1. The number of morpholine rings is 1. The second-order valence-electron chi connectivity index (χ2n) is 4.48. The maximum atomic E-state index is 12.2. The summed E-state index contributed by atoms with van der Waals surface area (Å²) < 4.78 is 10.2. The second kappa shape index (κ2) is 7.33. The molecule has 0 spiro atoms. The molecule has 1 N–H and O–H groups in total. The van der Waals surface area contributed by atoms with E-state index >= 15 is 0 Å². The number of carbonyl (C=O) groups excluding carboxylic acids is 1. The van der Waals surface area contributed by atoms with Gasteiger partial charge >= 0.3 is 5.97 Å². The highest BCUT2D eigenvalue weighted by Crippen LogP contribution is 2.23. The third kappa shape index (κ3) is 4.12. The fourth-order valence-electron chi connectivity index (χ4n) is 2.03. The number of hydrogen-bond donors (Lipinski definition) is 1. The third-order valence-corrected chi connectivity index (χ3v) is 4.12. The molecule has 1 heterocycles. The molecule has 0 radical (unpaired) electrons. The fourth-order valence-corrected chi connectivity index (χ4v) is 2.86. The summed E-state index contributed by atoms with van der Waals surface area (Å²) in [5.41, 5.74) is 0. The maximum Gasteiger partial charge on any atom is 0.328 e. The summed E-state index contributed by atoms with van der Waals surface area (Å²) in [7, 11) is 1.58. The van der Waals surface area contributed by atoms with Crippen molar-refractivity contribution in [3.63, 3.8) is 0 Å². The molecule has 21 heavy (non-hydrogen) atoms. The van der Waals surface area contributed by atoms with Gasteiger partial charge in [0, 0.05) is 11.4 Å². The summed E-state index contributed by atoms with van der Waals surface area (Å²) in [6.07, 6.45) is 0. The van der Waals surface area contributed by atoms with Gasteiger partial charge in [-0.3, -0.25) is 4.79 Å². The summed E-state index contributed by atoms with van der Waals surface area (Å²) in [6, 6.07) is 6.51. The highest BCUT2D eigenvalue weighted by atomic mass is 32.2. The Balaban J connectivity index is 1.95. The number of thioether (sulfide) groups is 1. The van der Waals surface area contributed by atoms with Crippen LogP contribution in [0.3, 0.4) is 0 Å². The maximum absolute atomic E-state index is 12.2. The minimum absolute atomic E-state index is 0.0465. The summed E-state index contributed by atoms with van der Waals surface area (Å²) in [5, 5.41) is 9.11. The Kier molecular flexibility index (Phi) is 5.46. The van der Waals surface area contributed by atoms with Crippen molar-refractivity contribution in [3.05, 3.63) is 24.3 Å². The average molecular weight is 311 g/mol. The lowest BCUT2D eigenvalue weighted by atomic mass is 10.2. The molecule has 1 saturated heterocycles. The molecule has 1 aliphatic rings. The number of carboxylic acids is 1. The van der Waals surface area contributed by atoms with Crippen molar-refractivity contribution < 1.29 is 24.2 Å². The Morgan fingerprint density at radius 2 is 2.33 bits per heavy atom. The molecule has 0 aliphatic carbocycles. The number of carbonyl (C=O) groups is 2. The molecular weight excluding hydrogens is 294 g/mol. The minimum atomic E-state index is -1.03. The van der Waals surface area contributed by atoms with Gasteiger partial charge in [-0.15, -0.1) is 11.8 Å². The van der Waals surface area contributed by atoms with E-state index in [2.05, 4.69) is 0 Å². The summed E-state index contributed by atoms with van der Waals surface area (Å²) in [4.78, 5) is 25.6. The standard InChI is InChI=1S/C14H17NO5S/c1-19-10-3-2-4-11(7-10)21-9-13(16)15-5-6-20-8-12(15)14(17)18/h2-4,7,12H,5-6,8-9H2,1H3,(H,17,18). The second-order valence-corrected chi connectivity index (χ2v) is 5.53. The van der Waals surface area contributed by atoms with Crippen LogP contribution in [0.1, 0.15) is 0 Å². The van der Waals surface area contributed by atoms with Crippen molar-refractivity contribution in [2.24, 2.45) is 0 Å². The smallest absolute Gasteiger partial charge is 0.328 e. The molecule has 1 fully saturated rings. The van der Waals surface area contributed by atoms with Crippen molar-refractivity contribution in [1.29, 1.82) is 0 Å². The van der Waals surface area contributed by atoms with Crippen LogP contribution in [-0.2, 0) is 14.3 Å². The van der Waals surface area contributed by atoms with E-state index < -0.39 is 12.0 Å². The largest absolute Gasteiger partial charge is 0.497 e. The van der Waals surface area contributed by atoms with Crippen LogP contribution in [0.4, 0.5) is 0 Å². The zero-order chi connectivity index (χ0) is 15.2. The number of amides is 1. The van der Waals surface area contributed by atoms with Crippen molar-refractivity contribution in [3.8, 4) is 5.75 Å². The van der Waals surface area contributed by atoms with Crippen molar-refractivity contribution in [2.75, 3.05) is 32.6 Å². The summed E-state index contributed by atoms with van der Waals surface area (Å²) in [6.45, 7) is 0.735. The van der Waals surface area contributed by atoms with Gasteiger partial charge in [0.1, 0.15) is 5.75 Å². The SMILES string of the molecule is COc1cccc(SCC(=O)N2CCOCC2C(=O)O)c1. The van der Waals surface area contributed by atoms with E-state index in [-0.39, 0.29) is 18.3 Å². The van der Waals surface area contributed by atoms with Crippen LogP contribution in [0.5, 0.6) is 5.75 Å². The molecule has 1 amide bonds. The highest BCUT2D eigenvalue weighted by molar-refractivity contribution is 8.00. The number of ether oxygens (including phenoxy) is 2. The molecule has 1 aromatic carbocycles. The molecule has 7 heteroatoms. The predicted octanol–water partition coefficient (Wildman–Crippen LogP) is 1.10. The van der Waals surface area contributed by atoms with Crippen molar-refractivity contribution in [2.45, 2.75) is 10.9 Å². The van der Waals surface area contributed by atoms with Gasteiger partial charge in [0.05, 0.1) is 26.1 Å². The van der Waals surface area contributed by atoms with Gasteiger partial charge in [0.25, 0.3) is 0 Å². The Bertz CT molecular complexity index is 522. The van der Waals surface area contributed by atoms with Gasteiger partial charge < -0.3 is 19.5 Å². The quantitative estimate of drug-likeness (QED) is 0.821. The number of hydrogen-bond acceptors (Lipinski definition) is 5. The lowest BCUT2D eigenvalue weighted by Gasteiger charge is -2.32. The summed E-state index contributed by atoms with van der Waals surface area (Å²) >= 11 is 1.36. The van der Waals surface area contributed by atoms with Crippen molar-refractivity contribution in [1.82, 2.24) is 4.90 Å². The van der Waals surface area contributed by atoms with Gasteiger partial charge in [-0.25, -0.2) is 4.79 Å². The average Bonchev–Trinajstić information content (AvgIpc) is 2.52. The van der Waals surface area contributed by atoms with Gasteiger partial charge in [-0.1, -0.05) is 6.07 Å². The minimum Gasteiger partial charge on any atom is -0.497 e. The Hall–Kier alpha value is -1.73. The lowest BCUT2D eigenvalue weighted by molar-refractivity contribution is -0.157. The van der Waals surface area contributed by atoms with Crippen LogP contribution in [0.15, 0.2) is 29.2 Å². The Labute approximate surface area is 127 Å². The highest BCUT2D eigenvalue weighted by Gasteiger charge is 2.32. The summed E-state index contributed by atoms with van der Waals surface area (Å²) in [5.74, 6) is -0.313. The van der Waals surface area contributed by atoms with E-state index in [1.165, 1.54) is 16.7 Å². The number of carboxylic acid groups (broad SMARTS) is 1. The number of aliphatic carboxylic acids is 1. The number of benzene rings is 1. The van der Waals surface area contributed by atoms with E-state index in [1.807, 2.05) is 24.3 Å². The Morgan fingerprint density at radius 3 is 3.05 bits per heavy atom. The van der Waals surface area contributed by atoms with Gasteiger partial charge in [0.15, 0.2) is 6.04 Å². The molecule has 6 nitrogen and oxygen atoms in total. The van der Waals surface area contributed by atoms with Crippen LogP contribution < -0.4 is 4.74 Å². The van der Waals surface area contributed by atoms with Gasteiger partial charge in [0.2, 0.25) is 5.91 Å². The van der Waals surface area contributed by atoms with Crippen LogP contribution in [-0.4, -0.2) is 60.5 Å². The number of methoxy groups -OCH3 is 1. The molecule has 1 unspecified atom stereocenters. The lowest BCUT2D eigenvalue weighted by Crippen LogP contribution is -2.53. The van der Waals surface area contributed by atoms with E-state index in [0.29, 0.717) is 13.2 Å². The molecule has 0 bridgehead atoms. The van der Waals surface area contributed by atoms with Crippen LogP contribution in [0.25, 0.3) is 0 Å². The Morgan fingerprint density at radius 1 is 1.52 bits per heavy atom.